The lowest BCUT2D eigenvalue weighted by Gasteiger charge is -2.36. The van der Waals surface area contributed by atoms with Gasteiger partial charge in [-0.1, -0.05) is 0 Å². The number of rotatable bonds is 5. The van der Waals surface area contributed by atoms with Crippen molar-refractivity contribution < 1.29 is 9.18 Å². The maximum absolute atomic E-state index is 13.2. The van der Waals surface area contributed by atoms with Gasteiger partial charge in [-0.05, 0) is 55.0 Å². The molecule has 2 aromatic heterocycles. The lowest BCUT2D eigenvalue weighted by molar-refractivity contribution is -0.131. The highest BCUT2D eigenvalue weighted by molar-refractivity contribution is 7.17. The molecule has 0 aliphatic carbocycles. The van der Waals surface area contributed by atoms with E-state index in [1.807, 2.05) is 16.3 Å². The SMILES string of the molecule is O=C(CCn1c(N2CCCCC2)nc2ccsc2c1=O)N1CCN(c2ccc(F)cc2)CC1. The van der Waals surface area contributed by atoms with Gasteiger partial charge in [0.1, 0.15) is 10.5 Å². The standard InChI is InChI=1S/C24H28FN5O2S/c25-18-4-6-19(7-5-18)27-13-15-28(16-14-27)21(31)8-12-30-23(32)22-20(9-17-33-22)26-24(30)29-10-2-1-3-11-29/h4-7,9,17H,1-3,8,10-16H2. The van der Waals surface area contributed by atoms with Crippen LogP contribution >= 0.6 is 11.3 Å². The summed E-state index contributed by atoms with van der Waals surface area (Å²) in [7, 11) is 0. The Morgan fingerprint density at radius 2 is 1.67 bits per heavy atom. The van der Waals surface area contributed by atoms with Gasteiger partial charge in [-0.3, -0.25) is 14.2 Å². The molecule has 33 heavy (non-hydrogen) atoms. The van der Waals surface area contributed by atoms with Gasteiger partial charge < -0.3 is 14.7 Å². The fourth-order valence-corrected chi connectivity index (χ4v) is 5.48. The van der Waals surface area contributed by atoms with E-state index >= 15 is 0 Å². The molecule has 5 rings (SSSR count). The number of fused-ring (bicyclic) bond motifs is 1. The van der Waals surface area contributed by atoms with Crippen molar-refractivity contribution in [3.05, 3.63) is 51.9 Å². The largest absolute Gasteiger partial charge is 0.368 e. The van der Waals surface area contributed by atoms with Crippen molar-refractivity contribution in [3.63, 3.8) is 0 Å². The van der Waals surface area contributed by atoms with Crippen LogP contribution in [0.25, 0.3) is 10.2 Å². The summed E-state index contributed by atoms with van der Waals surface area (Å²) in [6.07, 6.45) is 3.66. The number of carbonyl (C=O) groups is 1. The number of piperazine rings is 1. The number of hydrogen-bond acceptors (Lipinski definition) is 6. The molecule has 7 nitrogen and oxygen atoms in total. The molecule has 174 valence electrons. The van der Waals surface area contributed by atoms with E-state index in [0.717, 1.165) is 37.1 Å². The normalized spacial score (nSPS) is 17.1. The summed E-state index contributed by atoms with van der Waals surface area (Å²) in [5, 5.41) is 1.90. The van der Waals surface area contributed by atoms with Gasteiger partial charge >= 0.3 is 0 Å². The monoisotopic (exact) mass is 469 g/mol. The van der Waals surface area contributed by atoms with Gasteiger partial charge in [0.15, 0.2) is 0 Å². The van der Waals surface area contributed by atoms with Crippen LogP contribution in [0.4, 0.5) is 16.0 Å². The predicted molar refractivity (Wildman–Crippen MR) is 130 cm³/mol. The molecule has 2 fully saturated rings. The number of halogens is 1. The van der Waals surface area contributed by atoms with Crippen molar-refractivity contribution in [1.82, 2.24) is 14.5 Å². The van der Waals surface area contributed by atoms with Gasteiger partial charge in [0.2, 0.25) is 11.9 Å². The Labute approximate surface area is 196 Å². The smallest absolute Gasteiger partial charge is 0.272 e. The average Bonchev–Trinajstić information content (AvgIpc) is 3.33. The van der Waals surface area contributed by atoms with E-state index < -0.39 is 0 Å². The molecule has 0 radical (unpaired) electrons. The predicted octanol–water partition coefficient (Wildman–Crippen LogP) is 3.33. The quantitative estimate of drug-likeness (QED) is 0.574. The van der Waals surface area contributed by atoms with Crippen molar-refractivity contribution in [1.29, 1.82) is 0 Å². The molecule has 0 unspecified atom stereocenters. The highest BCUT2D eigenvalue weighted by Crippen LogP contribution is 2.23. The van der Waals surface area contributed by atoms with Gasteiger partial charge in [-0.25, -0.2) is 9.37 Å². The van der Waals surface area contributed by atoms with Crippen LogP contribution in [-0.2, 0) is 11.3 Å². The summed E-state index contributed by atoms with van der Waals surface area (Å²) in [6, 6.07) is 8.36. The number of hydrogen-bond donors (Lipinski definition) is 0. The fourth-order valence-electron chi connectivity index (χ4n) is 4.70. The minimum absolute atomic E-state index is 0.0514. The Hall–Kier alpha value is -2.94. The number of anilines is 2. The van der Waals surface area contributed by atoms with E-state index in [1.54, 1.807) is 16.7 Å². The van der Waals surface area contributed by atoms with Crippen molar-refractivity contribution in [2.24, 2.45) is 0 Å². The zero-order valence-corrected chi connectivity index (χ0v) is 19.4. The number of thiophene rings is 1. The molecule has 0 spiro atoms. The van der Waals surface area contributed by atoms with Gasteiger partial charge in [0.25, 0.3) is 5.56 Å². The summed E-state index contributed by atoms with van der Waals surface area (Å²) in [5.74, 6) is 0.498. The Kier molecular flexibility index (Phi) is 6.30. The van der Waals surface area contributed by atoms with E-state index in [2.05, 4.69) is 9.80 Å². The molecule has 9 heteroatoms. The molecule has 1 amide bonds. The maximum Gasteiger partial charge on any atom is 0.272 e. The zero-order chi connectivity index (χ0) is 22.8. The lowest BCUT2D eigenvalue weighted by Crippen LogP contribution is -2.49. The molecule has 0 N–H and O–H groups in total. The third-order valence-corrected chi connectivity index (χ3v) is 7.45. The first kappa shape index (κ1) is 21.9. The van der Waals surface area contributed by atoms with Crippen LogP contribution in [0.2, 0.25) is 0 Å². The number of benzene rings is 1. The van der Waals surface area contributed by atoms with Gasteiger partial charge in [0, 0.05) is 57.9 Å². The second kappa shape index (κ2) is 9.51. The number of carbonyl (C=O) groups excluding carboxylic acids is 1. The summed E-state index contributed by atoms with van der Waals surface area (Å²) in [5.41, 5.74) is 1.66. The first-order valence-electron chi connectivity index (χ1n) is 11.6. The minimum Gasteiger partial charge on any atom is -0.368 e. The maximum atomic E-state index is 13.2. The molecule has 2 aliphatic heterocycles. The number of aromatic nitrogens is 2. The first-order chi connectivity index (χ1) is 16.1. The Bertz CT molecular complexity index is 1180. The highest BCUT2D eigenvalue weighted by atomic mass is 32.1. The van der Waals surface area contributed by atoms with Crippen molar-refractivity contribution in [2.45, 2.75) is 32.2 Å². The summed E-state index contributed by atoms with van der Waals surface area (Å²) in [4.78, 5) is 37.2. The van der Waals surface area contributed by atoms with Crippen LogP contribution in [0, 0.1) is 5.82 Å². The highest BCUT2D eigenvalue weighted by Gasteiger charge is 2.24. The first-order valence-corrected chi connectivity index (χ1v) is 12.5. The third kappa shape index (κ3) is 4.59. The fraction of sp³-hybridized carbons (Fsp3) is 0.458. The molecule has 2 saturated heterocycles. The topological polar surface area (TPSA) is 61.7 Å². The molecule has 0 bridgehead atoms. The molecule has 3 aromatic rings. The second-order valence-electron chi connectivity index (χ2n) is 8.65. The van der Waals surface area contributed by atoms with Crippen LogP contribution in [-0.4, -0.2) is 59.6 Å². The van der Waals surface area contributed by atoms with Gasteiger partial charge in [-0.15, -0.1) is 11.3 Å². The van der Waals surface area contributed by atoms with Gasteiger partial charge in [0.05, 0.1) is 5.52 Å². The van der Waals surface area contributed by atoms with Crippen LogP contribution in [0.15, 0.2) is 40.5 Å². The van der Waals surface area contributed by atoms with Crippen LogP contribution in [0.5, 0.6) is 0 Å². The minimum atomic E-state index is -0.248. The lowest BCUT2D eigenvalue weighted by atomic mass is 10.1. The second-order valence-corrected chi connectivity index (χ2v) is 9.56. The van der Waals surface area contributed by atoms with Crippen molar-refractivity contribution in [3.8, 4) is 0 Å². The van der Waals surface area contributed by atoms with E-state index in [9.17, 15) is 14.0 Å². The molecule has 1 aromatic carbocycles. The van der Waals surface area contributed by atoms with Crippen molar-refractivity contribution >= 4 is 39.1 Å². The molecule has 0 saturated carbocycles. The average molecular weight is 470 g/mol. The zero-order valence-electron chi connectivity index (χ0n) is 18.6. The van der Waals surface area contributed by atoms with Gasteiger partial charge in [-0.2, -0.15) is 0 Å². The molecular weight excluding hydrogens is 441 g/mol. The number of amides is 1. The molecule has 0 atom stereocenters. The molecular formula is C24H28FN5O2S. The Morgan fingerprint density at radius 1 is 0.939 bits per heavy atom. The van der Waals surface area contributed by atoms with Crippen LogP contribution < -0.4 is 15.4 Å². The molecule has 4 heterocycles. The van der Waals surface area contributed by atoms with E-state index in [0.29, 0.717) is 43.4 Å². The summed E-state index contributed by atoms with van der Waals surface area (Å²) < 4.78 is 15.5. The van der Waals surface area contributed by atoms with E-state index in [-0.39, 0.29) is 23.7 Å². The third-order valence-electron chi connectivity index (χ3n) is 6.56. The van der Waals surface area contributed by atoms with Crippen LogP contribution in [0.1, 0.15) is 25.7 Å². The Balaban J connectivity index is 1.27. The molecule has 2 aliphatic rings. The Morgan fingerprint density at radius 3 is 2.39 bits per heavy atom. The summed E-state index contributed by atoms with van der Waals surface area (Å²) in [6.45, 7) is 4.77. The van der Waals surface area contributed by atoms with E-state index in [4.69, 9.17) is 4.98 Å². The van der Waals surface area contributed by atoms with Crippen LogP contribution in [0.3, 0.4) is 0 Å². The summed E-state index contributed by atoms with van der Waals surface area (Å²) >= 11 is 1.41. The number of nitrogens with zero attached hydrogens (tertiary/aromatic N) is 5. The number of piperidine rings is 1. The van der Waals surface area contributed by atoms with E-state index in [1.165, 1.54) is 29.9 Å². The van der Waals surface area contributed by atoms with Crippen molar-refractivity contribution in [2.75, 3.05) is 49.1 Å².